The van der Waals surface area contributed by atoms with Gasteiger partial charge >= 0.3 is 0 Å². The summed E-state index contributed by atoms with van der Waals surface area (Å²) in [5.41, 5.74) is 2.06. The minimum absolute atomic E-state index is 0.119. The Bertz CT molecular complexity index is 425. The highest BCUT2D eigenvalue weighted by Gasteiger charge is 2.26. The maximum absolute atomic E-state index is 12.5. The minimum Gasteiger partial charge on any atom is -0.367 e. The van der Waals surface area contributed by atoms with E-state index in [2.05, 4.69) is 30.9 Å². The monoisotopic (exact) mass is 275 g/mol. The van der Waals surface area contributed by atoms with E-state index < -0.39 is 0 Å². The van der Waals surface area contributed by atoms with E-state index in [9.17, 15) is 4.79 Å². The molecule has 0 spiro atoms. The van der Waals surface area contributed by atoms with Crippen molar-refractivity contribution in [3.8, 4) is 0 Å². The third-order valence-electron chi connectivity index (χ3n) is 3.76. The molecule has 0 aliphatic carbocycles. The lowest BCUT2D eigenvalue weighted by atomic mass is 10.0. The first-order valence-corrected chi connectivity index (χ1v) is 7.71. The Morgan fingerprint density at radius 3 is 2.65 bits per heavy atom. The molecule has 1 atom stereocenters. The van der Waals surface area contributed by atoms with E-state index in [1.807, 2.05) is 12.1 Å². The lowest BCUT2D eigenvalue weighted by molar-refractivity contribution is -0.0163. The van der Waals surface area contributed by atoms with Gasteiger partial charge < -0.3 is 4.74 Å². The number of benzene rings is 1. The maximum Gasteiger partial charge on any atom is 0.192 e. The first-order valence-electron chi connectivity index (χ1n) is 7.71. The molecule has 2 rings (SSSR count). The third-order valence-corrected chi connectivity index (χ3v) is 3.76. The summed E-state index contributed by atoms with van der Waals surface area (Å²) in [5.74, 6) is 0.119. The molecule has 0 aromatic heterocycles. The van der Waals surface area contributed by atoms with Crippen molar-refractivity contribution in [3.63, 3.8) is 0 Å². The number of Topliss-reactive ketones (excluding diaryl/α,β-unsaturated/α-hetero) is 1. The molecule has 1 heterocycles. The largest absolute Gasteiger partial charge is 0.367 e. The van der Waals surface area contributed by atoms with Crippen LogP contribution < -0.4 is 0 Å². The molecule has 1 fully saturated rings. The van der Waals surface area contributed by atoms with E-state index in [1.165, 1.54) is 5.56 Å². The molecule has 110 valence electrons. The normalized spacial score (nSPS) is 20.0. The fourth-order valence-corrected chi connectivity index (χ4v) is 2.69. The van der Waals surface area contributed by atoms with E-state index >= 15 is 0 Å². The number of carbonyl (C=O) groups excluding carboxylic acids is 1. The standard InChI is InChI=1S/C17H25NO2/c1-3-5-14-6-8-15(9-7-14)17(19)16-13-18(10-4-2)11-12-20-16/h6-9,16H,3-5,10-13H2,1-2H3. The van der Waals surface area contributed by atoms with Gasteiger partial charge in [0.1, 0.15) is 6.10 Å². The number of carbonyl (C=O) groups is 1. The van der Waals surface area contributed by atoms with Gasteiger partial charge in [0.25, 0.3) is 0 Å². The molecule has 1 unspecified atom stereocenters. The number of rotatable bonds is 6. The van der Waals surface area contributed by atoms with Crippen LogP contribution in [0.25, 0.3) is 0 Å². The molecule has 0 bridgehead atoms. The molecule has 0 N–H and O–H groups in total. The van der Waals surface area contributed by atoms with Gasteiger partial charge in [-0.05, 0) is 24.9 Å². The van der Waals surface area contributed by atoms with Crippen molar-refractivity contribution >= 4 is 5.78 Å². The van der Waals surface area contributed by atoms with Gasteiger partial charge in [0, 0.05) is 18.7 Å². The summed E-state index contributed by atoms with van der Waals surface area (Å²) in [4.78, 5) is 14.8. The van der Waals surface area contributed by atoms with Crippen LogP contribution in [0.3, 0.4) is 0 Å². The van der Waals surface area contributed by atoms with Crippen molar-refractivity contribution in [2.24, 2.45) is 0 Å². The number of hydrogen-bond acceptors (Lipinski definition) is 3. The molecule has 0 radical (unpaired) electrons. The summed E-state index contributed by atoms with van der Waals surface area (Å²) in [6.45, 7) is 7.69. The fourth-order valence-electron chi connectivity index (χ4n) is 2.69. The molecule has 3 heteroatoms. The zero-order valence-corrected chi connectivity index (χ0v) is 12.6. The van der Waals surface area contributed by atoms with Crippen LogP contribution in [0.5, 0.6) is 0 Å². The van der Waals surface area contributed by atoms with Crippen LogP contribution in [-0.4, -0.2) is 43.0 Å². The molecule has 0 saturated carbocycles. The predicted molar refractivity (Wildman–Crippen MR) is 81.2 cm³/mol. The van der Waals surface area contributed by atoms with Crippen LogP contribution in [0, 0.1) is 0 Å². The topological polar surface area (TPSA) is 29.5 Å². The maximum atomic E-state index is 12.5. The van der Waals surface area contributed by atoms with Gasteiger partial charge in [0.05, 0.1) is 6.61 Å². The Labute approximate surface area is 121 Å². The quantitative estimate of drug-likeness (QED) is 0.748. The van der Waals surface area contributed by atoms with Gasteiger partial charge in [0.15, 0.2) is 5.78 Å². The van der Waals surface area contributed by atoms with E-state index in [0.29, 0.717) is 6.61 Å². The Kier molecular flexibility index (Phi) is 5.74. The second-order valence-electron chi connectivity index (χ2n) is 5.47. The molecule has 3 nitrogen and oxygen atoms in total. The van der Waals surface area contributed by atoms with Crippen LogP contribution in [0.15, 0.2) is 24.3 Å². The fraction of sp³-hybridized carbons (Fsp3) is 0.588. The number of nitrogens with zero attached hydrogens (tertiary/aromatic N) is 1. The second kappa shape index (κ2) is 7.55. The summed E-state index contributed by atoms with van der Waals surface area (Å²) in [6.07, 6.45) is 3.02. The van der Waals surface area contributed by atoms with Gasteiger partial charge in [-0.15, -0.1) is 0 Å². The van der Waals surface area contributed by atoms with Crippen LogP contribution in [0.4, 0.5) is 0 Å². The minimum atomic E-state index is -0.299. The highest BCUT2D eigenvalue weighted by atomic mass is 16.5. The van der Waals surface area contributed by atoms with Crippen molar-refractivity contribution in [2.45, 2.75) is 39.2 Å². The molecule has 20 heavy (non-hydrogen) atoms. The van der Waals surface area contributed by atoms with Crippen molar-refractivity contribution < 1.29 is 9.53 Å². The van der Waals surface area contributed by atoms with E-state index in [0.717, 1.165) is 44.5 Å². The number of aryl methyl sites for hydroxylation is 1. The molecule has 1 aromatic rings. The van der Waals surface area contributed by atoms with Gasteiger partial charge in [-0.25, -0.2) is 0 Å². The predicted octanol–water partition coefficient (Wildman–Crippen LogP) is 2.93. The van der Waals surface area contributed by atoms with Crippen LogP contribution in [-0.2, 0) is 11.2 Å². The van der Waals surface area contributed by atoms with Gasteiger partial charge in [-0.2, -0.15) is 0 Å². The average Bonchev–Trinajstić information content (AvgIpc) is 2.48. The highest BCUT2D eigenvalue weighted by Crippen LogP contribution is 2.14. The lowest BCUT2D eigenvalue weighted by Gasteiger charge is -2.31. The van der Waals surface area contributed by atoms with Gasteiger partial charge in [-0.3, -0.25) is 9.69 Å². The number of ketones is 1. The van der Waals surface area contributed by atoms with Crippen molar-refractivity contribution in [2.75, 3.05) is 26.2 Å². The Morgan fingerprint density at radius 1 is 1.25 bits per heavy atom. The molecule has 1 aliphatic heterocycles. The first kappa shape index (κ1) is 15.2. The van der Waals surface area contributed by atoms with Crippen molar-refractivity contribution in [1.82, 2.24) is 4.90 Å². The van der Waals surface area contributed by atoms with E-state index in [-0.39, 0.29) is 11.9 Å². The summed E-state index contributed by atoms with van der Waals surface area (Å²) in [7, 11) is 0. The molecule has 1 aromatic carbocycles. The number of morpholine rings is 1. The lowest BCUT2D eigenvalue weighted by Crippen LogP contribution is -2.46. The molecular weight excluding hydrogens is 250 g/mol. The molecule has 1 aliphatic rings. The molecule has 1 saturated heterocycles. The average molecular weight is 275 g/mol. The zero-order valence-electron chi connectivity index (χ0n) is 12.6. The smallest absolute Gasteiger partial charge is 0.192 e. The van der Waals surface area contributed by atoms with Crippen molar-refractivity contribution in [3.05, 3.63) is 35.4 Å². The Morgan fingerprint density at radius 2 is 2.00 bits per heavy atom. The summed E-state index contributed by atoms with van der Waals surface area (Å²) in [6, 6.07) is 8.00. The Balaban J connectivity index is 1.99. The number of ether oxygens (including phenoxy) is 1. The molecule has 0 amide bonds. The van der Waals surface area contributed by atoms with E-state index in [1.54, 1.807) is 0 Å². The number of hydrogen-bond donors (Lipinski definition) is 0. The van der Waals surface area contributed by atoms with Crippen LogP contribution in [0.2, 0.25) is 0 Å². The van der Waals surface area contributed by atoms with Gasteiger partial charge in [0.2, 0.25) is 0 Å². The van der Waals surface area contributed by atoms with E-state index in [4.69, 9.17) is 4.74 Å². The van der Waals surface area contributed by atoms with Crippen LogP contribution >= 0.6 is 0 Å². The zero-order chi connectivity index (χ0) is 14.4. The second-order valence-corrected chi connectivity index (χ2v) is 5.47. The van der Waals surface area contributed by atoms with Crippen molar-refractivity contribution in [1.29, 1.82) is 0 Å². The summed E-state index contributed by atoms with van der Waals surface area (Å²) >= 11 is 0. The first-order chi connectivity index (χ1) is 9.74. The highest BCUT2D eigenvalue weighted by molar-refractivity contribution is 5.99. The van der Waals surface area contributed by atoms with Gasteiger partial charge in [-0.1, -0.05) is 44.5 Å². The molecular formula is C17H25NO2. The summed E-state index contributed by atoms with van der Waals surface area (Å²) in [5, 5.41) is 0. The Hall–Kier alpha value is -1.19. The SMILES string of the molecule is CCCc1ccc(C(=O)C2CN(CCC)CCO2)cc1. The third kappa shape index (κ3) is 3.90. The summed E-state index contributed by atoms with van der Waals surface area (Å²) < 4.78 is 5.66. The van der Waals surface area contributed by atoms with Crippen LogP contribution in [0.1, 0.15) is 42.6 Å².